The summed E-state index contributed by atoms with van der Waals surface area (Å²) in [5.74, 6) is -0.407. The first-order chi connectivity index (χ1) is 13.3. The Bertz CT molecular complexity index is 942. The van der Waals surface area contributed by atoms with Gasteiger partial charge in [-0.25, -0.2) is 4.39 Å². The average molecular weight is 420 g/mol. The minimum atomic E-state index is -0.473. The standard InChI is InChI=1S/C21H20Cl2FN3O/c1-13(2)26-12-17(9-20(26)28)27(11-15-4-3-5-18(22)21(15)24)16-7-6-14(10-25)19(23)8-16/h3-8,13,17H,9,11-12H2,1-2H3/t17-/m0/s1. The Hall–Kier alpha value is -2.29. The molecule has 4 nitrogen and oxygen atoms in total. The van der Waals surface area contributed by atoms with Crippen molar-refractivity contribution in [3.8, 4) is 6.07 Å². The topological polar surface area (TPSA) is 47.3 Å². The van der Waals surface area contributed by atoms with Crippen molar-refractivity contribution in [3.05, 3.63) is 63.4 Å². The first-order valence-electron chi connectivity index (χ1n) is 9.00. The number of benzene rings is 2. The molecule has 0 spiro atoms. The monoisotopic (exact) mass is 419 g/mol. The normalized spacial score (nSPS) is 16.5. The van der Waals surface area contributed by atoms with Crippen LogP contribution in [0.3, 0.4) is 0 Å². The highest BCUT2D eigenvalue weighted by molar-refractivity contribution is 6.32. The number of amides is 1. The number of likely N-dealkylation sites (tertiary alicyclic amines) is 1. The summed E-state index contributed by atoms with van der Waals surface area (Å²) in [4.78, 5) is 16.2. The summed E-state index contributed by atoms with van der Waals surface area (Å²) in [6, 6.07) is 12.0. The van der Waals surface area contributed by atoms with E-state index < -0.39 is 5.82 Å². The van der Waals surface area contributed by atoms with Gasteiger partial charge >= 0.3 is 0 Å². The zero-order valence-corrected chi connectivity index (χ0v) is 17.1. The van der Waals surface area contributed by atoms with Crippen molar-refractivity contribution in [1.82, 2.24) is 4.90 Å². The van der Waals surface area contributed by atoms with Crippen molar-refractivity contribution in [3.63, 3.8) is 0 Å². The highest BCUT2D eigenvalue weighted by atomic mass is 35.5. The Morgan fingerprint density at radius 3 is 2.64 bits per heavy atom. The molecule has 2 aromatic rings. The SMILES string of the molecule is CC(C)N1C[C@@H](N(Cc2cccc(Cl)c2F)c2ccc(C#N)c(Cl)c2)CC1=O. The van der Waals surface area contributed by atoms with E-state index in [1.807, 2.05) is 29.7 Å². The van der Waals surface area contributed by atoms with Crippen LogP contribution < -0.4 is 4.90 Å². The third-order valence-corrected chi connectivity index (χ3v) is 5.58. The molecule has 146 valence electrons. The van der Waals surface area contributed by atoms with Gasteiger partial charge in [0.1, 0.15) is 11.9 Å². The van der Waals surface area contributed by atoms with Crippen molar-refractivity contribution in [2.45, 2.75) is 38.9 Å². The third-order valence-electron chi connectivity index (χ3n) is 4.98. The molecular formula is C21H20Cl2FN3O. The van der Waals surface area contributed by atoms with Crippen molar-refractivity contribution >= 4 is 34.8 Å². The van der Waals surface area contributed by atoms with Gasteiger partial charge in [0, 0.05) is 36.8 Å². The van der Waals surface area contributed by atoms with Crippen LogP contribution in [0.2, 0.25) is 10.0 Å². The number of carbonyl (C=O) groups excluding carboxylic acids is 1. The van der Waals surface area contributed by atoms with Crippen LogP contribution in [-0.4, -0.2) is 29.4 Å². The van der Waals surface area contributed by atoms with Gasteiger partial charge < -0.3 is 9.80 Å². The molecule has 1 heterocycles. The van der Waals surface area contributed by atoms with Crippen LogP contribution in [0.4, 0.5) is 10.1 Å². The molecule has 0 N–H and O–H groups in total. The van der Waals surface area contributed by atoms with E-state index in [1.165, 1.54) is 6.07 Å². The number of anilines is 1. The predicted molar refractivity (Wildman–Crippen MR) is 109 cm³/mol. The molecule has 3 rings (SSSR count). The van der Waals surface area contributed by atoms with Crippen molar-refractivity contribution in [2.24, 2.45) is 0 Å². The largest absolute Gasteiger partial charge is 0.362 e. The highest BCUT2D eigenvalue weighted by Gasteiger charge is 2.35. The molecule has 0 unspecified atom stereocenters. The van der Waals surface area contributed by atoms with Crippen LogP contribution in [0.25, 0.3) is 0 Å². The fourth-order valence-electron chi connectivity index (χ4n) is 3.48. The molecule has 1 fully saturated rings. The van der Waals surface area contributed by atoms with E-state index in [2.05, 4.69) is 0 Å². The van der Waals surface area contributed by atoms with E-state index in [-0.39, 0.29) is 29.6 Å². The maximum absolute atomic E-state index is 14.5. The van der Waals surface area contributed by atoms with Crippen LogP contribution in [-0.2, 0) is 11.3 Å². The number of hydrogen-bond donors (Lipinski definition) is 0. The first-order valence-corrected chi connectivity index (χ1v) is 9.76. The van der Waals surface area contributed by atoms with Gasteiger partial charge in [-0.3, -0.25) is 4.79 Å². The Morgan fingerprint density at radius 2 is 2.04 bits per heavy atom. The van der Waals surface area contributed by atoms with Gasteiger partial charge in [-0.1, -0.05) is 35.3 Å². The molecule has 0 bridgehead atoms. The zero-order chi connectivity index (χ0) is 20.4. The Morgan fingerprint density at radius 1 is 1.29 bits per heavy atom. The molecule has 0 aliphatic carbocycles. The highest BCUT2D eigenvalue weighted by Crippen LogP contribution is 2.31. The summed E-state index contributed by atoms with van der Waals surface area (Å²) in [7, 11) is 0. The Labute approximate surface area is 174 Å². The van der Waals surface area contributed by atoms with Gasteiger partial charge in [-0.05, 0) is 38.1 Å². The van der Waals surface area contributed by atoms with E-state index in [9.17, 15) is 9.18 Å². The van der Waals surface area contributed by atoms with Crippen molar-refractivity contribution in [1.29, 1.82) is 5.26 Å². The number of halogens is 3. The quantitative estimate of drug-likeness (QED) is 0.683. The third kappa shape index (κ3) is 4.09. The molecule has 2 aromatic carbocycles. The van der Waals surface area contributed by atoms with Gasteiger partial charge in [0.2, 0.25) is 5.91 Å². The molecule has 1 aliphatic heterocycles. The maximum atomic E-state index is 14.5. The predicted octanol–water partition coefficient (Wildman–Crippen LogP) is 5.02. The Kier molecular flexibility index (Phi) is 6.12. The number of nitriles is 1. The summed E-state index contributed by atoms with van der Waals surface area (Å²) in [6.45, 7) is 4.72. The van der Waals surface area contributed by atoms with Gasteiger partial charge in [0.05, 0.1) is 21.7 Å². The molecular weight excluding hydrogens is 400 g/mol. The molecule has 0 aromatic heterocycles. The molecule has 0 radical (unpaired) electrons. The molecule has 1 amide bonds. The average Bonchev–Trinajstić information content (AvgIpc) is 3.04. The second-order valence-electron chi connectivity index (χ2n) is 7.11. The fourth-order valence-corrected chi connectivity index (χ4v) is 3.89. The smallest absolute Gasteiger partial charge is 0.225 e. The minimum absolute atomic E-state index is 0.0571. The minimum Gasteiger partial charge on any atom is -0.362 e. The molecule has 1 aliphatic rings. The summed E-state index contributed by atoms with van der Waals surface area (Å²) < 4.78 is 14.5. The first kappa shape index (κ1) is 20.4. The maximum Gasteiger partial charge on any atom is 0.225 e. The van der Waals surface area contributed by atoms with E-state index in [0.717, 1.165) is 5.69 Å². The van der Waals surface area contributed by atoms with Crippen LogP contribution in [0.15, 0.2) is 36.4 Å². The van der Waals surface area contributed by atoms with Crippen molar-refractivity contribution in [2.75, 3.05) is 11.4 Å². The lowest BCUT2D eigenvalue weighted by Crippen LogP contribution is -2.39. The zero-order valence-electron chi connectivity index (χ0n) is 15.6. The van der Waals surface area contributed by atoms with Crippen LogP contribution in [0, 0.1) is 17.1 Å². The second kappa shape index (κ2) is 8.38. The summed E-state index contributed by atoms with van der Waals surface area (Å²) in [5, 5.41) is 9.51. The van der Waals surface area contributed by atoms with Crippen molar-refractivity contribution < 1.29 is 9.18 Å². The molecule has 28 heavy (non-hydrogen) atoms. The molecule has 1 saturated heterocycles. The number of carbonyl (C=O) groups is 1. The Balaban J connectivity index is 1.99. The lowest BCUT2D eigenvalue weighted by atomic mass is 10.1. The van der Waals surface area contributed by atoms with E-state index in [1.54, 1.807) is 30.3 Å². The van der Waals surface area contributed by atoms with Crippen LogP contribution in [0.1, 0.15) is 31.4 Å². The number of hydrogen-bond acceptors (Lipinski definition) is 3. The van der Waals surface area contributed by atoms with Gasteiger partial charge in [-0.15, -0.1) is 0 Å². The van der Waals surface area contributed by atoms with Gasteiger partial charge in [0.15, 0.2) is 0 Å². The molecule has 0 saturated carbocycles. The summed E-state index contributed by atoms with van der Waals surface area (Å²) >= 11 is 12.2. The summed E-state index contributed by atoms with van der Waals surface area (Å²) in [5.41, 5.74) is 1.53. The van der Waals surface area contributed by atoms with Crippen LogP contribution in [0.5, 0.6) is 0 Å². The van der Waals surface area contributed by atoms with E-state index in [0.29, 0.717) is 29.1 Å². The lowest BCUT2D eigenvalue weighted by Gasteiger charge is -2.32. The number of nitrogens with zero attached hydrogens (tertiary/aromatic N) is 3. The lowest BCUT2D eigenvalue weighted by molar-refractivity contribution is -0.129. The van der Waals surface area contributed by atoms with E-state index >= 15 is 0 Å². The molecule has 7 heteroatoms. The summed E-state index contributed by atoms with van der Waals surface area (Å²) in [6.07, 6.45) is 0.331. The van der Waals surface area contributed by atoms with Crippen LogP contribution >= 0.6 is 23.2 Å². The van der Waals surface area contributed by atoms with Gasteiger partial charge in [0.25, 0.3) is 0 Å². The fraction of sp³-hybridized carbons (Fsp3) is 0.333. The van der Waals surface area contributed by atoms with E-state index in [4.69, 9.17) is 28.5 Å². The second-order valence-corrected chi connectivity index (χ2v) is 7.93. The number of rotatable bonds is 5. The molecule has 1 atom stereocenters. The van der Waals surface area contributed by atoms with Gasteiger partial charge in [-0.2, -0.15) is 5.26 Å².